The van der Waals surface area contributed by atoms with E-state index in [4.69, 9.17) is 6.92 Å². The summed E-state index contributed by atoms with van der Waals surface area (Å²) in [5, 5.41) is 22.6. The Balaban J connectivity index is 0.000000282. The summed E-state index contributed by atoms with van der Waals surface area (Å²) in [5.74, 6) is 0.118. The predicted molar refractivity (Wildman–Crippen MR) is 209 cm³/mol. The Hall–Kier alpha value is -4.33. The van der Waals surface area contributed by atoms with Gasteiger partial charge in [0, 0.05) is 43.6 Å². The second-order valence-electron chi connectivity index (χ2n) is 13.4. The molecule has 0 bridgehead atoms. The monoisotopic (exact) mass is 744 g/mol. The van der Waals surface area contributed by atoms with Crippen LogP contribution in [0.15, 0.2) is 121 Å². The van der Waals surface area contributed by atoms with E-state index in [1.165, 1.54) is 16.7 Å². The summed E-state index contributed by atoms with van der Waals surface area (Å²) in [5.41, 5.74) is 14.1. The van der Waals surface area contributed by atoms with E-state index in [-0.39, 0.29) is 32.2 Å². The summed E-state index contributed by atoms with van der Waals surface area (Å²) in [4.78, 5) is 3.72. The number of benzene rings is 4. The first-order valence-corrected chi connectivity index (χ1v) is 16.7. The van der Waals surface area contributed by atoms with Gasteiger partial charge in [-0.15, -0.1) is 0 Å². The third kappa shape index (κ3) is 11.6. The van der Waals surface area contributed by atoms with Crippen LogP contribution in [-0.4, -0.2) is 5.71 Å². The molecule has 0 fully saturated rings. The Morgan fingerprint density at radius 3 is 1.32 bits per heavy atom. The standard InChI is InChI=1S/C24H26O.C10H12.C8H9N.C4H4N.Mo/c1-14-10-16(3)22(17(4)11-14)20-8-7-9-21(24(20)25)23-18(5)12-15(2)13-19(23)6;1-10(2,3)9-7-5-4-6-8-9;1-6-4-3-5-7(2)8(6)9;1-2-4-5-3-1;/h7-13,25H,1-6H3;1,4-8H,2-3H3;3-5H,1-2H3;1-4H;/q;;;-1;+2/p-1. The molecule has 1 aliphatic rings. The minimum absolute atomic E-state index is 0. The fourth-order valence-electron chi connectivity index (χ4n) is 6.06. The van der Waals surface area contributed by atoms with Crippen molar-refractivity contribution < 1.29 is 26.2 Å². The summed E-state index contributed by atoms with van der Waals surface area (Å²) in [6.07, 6.45) is 9.22. The number of aromatic nitrogens is 1. The number of hydrogen-bond donors (Lipinski definition) is 0. The van der Waals surface area contributed by atoms with Gasteiger partial charge in [0.2, 0.25) is 0 Å². The Bertz CT molecular complexity index is 1750. The molecule has 0 amide bonds. The van der Waals surface area contributed by atoms with Crippen LogP contribution in [0.1, 0.15) is 66.6 Å². The van der Waals surface area contributed by atoms with Gasteiger partial charge in [-0.1, -0.05) is 116 Å². The Kier molecular flexibility index (Phi) is 16.0. The van der Waals surface area contributed by atoms with Crippen LogP contribution >= 0.6 is 0 Å². The Morgan fingerprint density at radius 1 is 0.620 bits per heavy atom. The molecule has 0 spiro atoms. The molecule has 0 N–H and O–H groups in total. The third-order valence-electron chi connectivity index (χ3n) is 8.32. The van der Waals surface area contributed by atoms with Crippen LogP contribution < -0.4 is 10.1 Å². The summed E-state index contributed by atoms with van der Waals surface area (Å²) >= 11 is 0. The topological polar surface area (TPSA) is 59.5 Å². The van der Waals surface area contributed by atoms with E-state index >= 15 is 0 Å². The molecule has 0 saturated heterocycles. The molecule has 1 aromatic heterocycles. The smallest absolute Gasteiger partial charge is 0.872 e. The quantitative estimate of drug-likeness (QED) is 0.136. The number of rotatable bonds is 3. The number of aryl methyl sites for hydroxylation is 6. The van der Waals surface area contributed by atoms with Gasteiger partial charge >= 0.3 is 21.1 Å². The summed E-state index contributed by atoms with van der Waals surface area (Å²) < 4.78 is 0. The van der Waals surface area contributed by atoms with Gasteiger partial charge in [-0.05, 0) is 110 Å². The molecule has 0 aliphatic heterocycles. The van der Waals surface area contributed by atoms with Crippen LogP contribution in [0.3, 0.4) is 0 Å². The zero-order valence-electron chi connectivity index (χ0n) is 31.3. The molecule has 1 heterocycles. The van der Waals surface area contributed by atoms with E-state index in [2.05, 4.69) is 70.8 Å². The first-order chi connectivity index (χ1) is 23.1. The summed E-state index contributed by atoms with van der Waals surface area (Å²) in [6.45, 7) is 26.2. The van der Waals surface area contributed by atoms with Gasteiger partial charge < -0.3 is 15.5 Å². The second kappa shape index (κ2) is 19.2. The predicted octanol–water partition coefficient (Wildman–Crippen LogP) is 11.4. The molecule has 0 saturated carbocycles. The average molecular weight is 743 g/mol. The van der Waals surface area contributed by atoms with Crippen LogP contribution in [-0.2, 0) is 26.5 Å². The zero-order valence-corrected chi connectivity index (χ0v) is 33.3. The van der Waals surface area contributed by atoms with Gasteiger partial charge in [0.05, 0.1) is 0 Å². The molecule has 50 heavy (non-hydrogen) atoms. The first kappa shape index (κ1) is 41.8. The van der Waals surface area contributed by atoms with Crippen LogP contribution in [0.25, 0.3) is 27.7 Å². The molecular weight excluding hydrogens is 692 g/mol. The van der Waals surface area contributed by atoms with Gasteiger partial charge in [-0.2, -0.15) is 12.4 Å². The fraction of sp³-hybridized carbons (Fsp3) is 0.239. The minimum atomic E-state index is -0.207. The molecule has 0 unspecified atom stereocenters. The first-order valence-electron chi connectivity index (χ1n) is 16.7. The van der Waals surface area contributed by atoms with E-state index in [1.807, 2.05) is 107 Å². The van der Waals surface area contributed by atoms with Crippen LogP contribution in [0.4, 0.5) is 0 Å². The summed E-state index contributed by atoms with van der Waals surface area (Å²) in [7, 11) is 0. The van der Waals surface area contributed by atoms with E-state index < -0.39 is 0 Å². The van der Waals surface area contributed by atoms with Crippen LogP contribution in [0.2, 0.25) is 0 Å². The number of nitrogens with zero attached hydrogens (tertiary/aromatic N) is 2. The fourth-order valence-corrected chi connectivity index (χ4v) is 6.06. The van der Waals surface area contributed by atoms with Gasteiger partial charge in [-0.3, -0.25) is 0 Å². The minimum Gasteiger partial charge on any atom is -0.872 e. The molecule has 3 nitrogen and oxygen atoms in total. The van der Waals surface area contributed by atoms with E-state index in [0.717, 1.165) is 55.7 Å². The zero-order chi connectivity index (χ0) is 36.3. The van der Waals surface area contributed by atoms with Gasteiger partial charge in [0.15, 0.2) is 0 Å². The SMILES string of the molecule is CC1=C[CH+]C=C(C)C1=[N-].Cc1cc(C)c(-c2cccc(-c3c(C)cc(C)cc3C)c2[O-])c(C)c1.[CH]C(C)(C)c1ccccc1.[Mo+2].c1cc[n-]c1. The Labute approximate surface area is 316 Å². The largest absolute Gasteiger partial charge is 2.00 e. The molecule has 256 valence electrons. The molecule has 5 aromatic rings. The normalized spacial score (nSPS) is 11.9. The summed E-state index contributed by atoms with van der Waals surface area (Å²) in [6, 6.07) is 28.4. The molecular formula is C46H50MoN2O. The van der Waals surface area contributed by atoms with E-state index in [0.29, 0.717) is 5.71 Å². The average Bonchev–Trinajstić information content (AvgIpc) is 3.62. The maximum absolute atomic E-state index is 13.3. The third-order valence-corrected chi connectivity index (χ3v) is 8.32. The van der Waals surface area contributed by atoms with Gasteiger partial charge in [0.1, 0.15) is 0 Å². The second-order valence-corrected chi connectivity index (χ2v) is 13.4. The van der Waals surface area contributed by atoms with Crippen molar-refractivity contribution in [3.05, 3.63) is 178 Å². The van der Waals surface area contributed by atoms with Crippen molar-refractivity contribution in [2.45, 2.75) is 74.7 Å². The number of allylic oxidation sites excluding steroid dienone is 4. The maximum atomic E-state index is 13.3. The van der Waals surface area contributed by atoms with Gasteiger partial charge in [0.25, 0.3) is 0 Å². The number of para-hydroxylation sites is 1. The molecule has 2 radical (unpaired) electrons. The van der Waals surface area contributed by atoms with E-state index in [1.54, 1.807) is 12.4 Å². The van der Waals surface area contributed by atoms with Crippen LogP contribution in [0.5, 0.6) is 5.75 Å². The van der Waals surface area contributed by atoms with Crippen molar-refractivity contribution in [3.8, 4) is 28.0 Å². The van der Waals surface area contributed by atoms with Crippen molar-refractivity contribution in [2.24, 2.45) is 0 Å². The molecule has 4 heteroatoms. The maximum Gasteiger partial charge on any atom is 2.00 e. The van der Waals surface area contributed by atoms with Crippen molar-refractivity contribution in [2.75, 3.05) is 0 Å². The van der Waals surface area contributed by atoms with Crippen molar-refractivity contribution in [1.82, 2.24) is 4.98 Å². The van der Waals surface area contributed by atoms with Crippen LogP contribution in [0, 0.1) is 54.9 Å². The molecule has 4 aromatic carbocycles. The Morgan fingerprint density at radius 2 is 1.02 bits per heavy atom. The number of hydrogen-bond acceptors (Lipinski definition) is 1. The molecule has 6 rings (SSSR count). The molecule has 1 aliphatic carbocycles. The van der Waals surface area contributed by atoms with E-state index in [9.17, 15) is 10.5 Å². The van der Waals surface area contributed by atoms with Gasteiger partial charge in [-0.25, -0.2) is 0 Å². The van der Waals surface area contributed by atoms with Crippen molar-refractivity contribution in [1.29, 1.82) is 0 Å². The van der Waals surface area contributed by atoms with Crippen molar-refractivity contribution in [3.63, 3.8) is 0 Å². The molecule has 0 atom stereocenters. The van der Waals surface area contributed by atoms with Crippen molar-refractivity contribution >= 4 is 5.71 Å².